The molecule has 0 aromatic carbocycles. The first kappa shape index (κ1) is 12.9. The van der Waals surface area contributed by atoms with E-state index in [0.29, 0.717) is 0 Å². The first-order chi connectivity index (χ1) is 7.99. The summed E-state index contributed by atoms with van der Waals surface area (Å²) in [7, 11) is 1.76. The van der Waals surface area contributed by atoms with Gasteiger partial charge in [-0.2, -0.15) is 5.10 Å². The minimum atomic E-state index is -1.37. The minimum Gasteiger partial charge on any atom is -0.381 e. The van der Waals surface area contributed by atoms with Crippen molar-refractivity contribution < 1.29 is 14.7 Å². The van der Waals surface area contributed by atoms with E-state index in [1.54, 1.807) is 30.2 Å². The third-order valence-corrected chi connectivity index (χ3v) is 1.95. The predicted octanol–water partition coefficient (Wildman–Crippen LogP) is -1.60. The minimum absolute atomic E-state index is 0.203. The molecule has 1 unspecified atom stereocenters. The van der Waals surface area contributed by atoms with Crippen LogP contribution in [0.5, 0.6) is 0 Å². The molecule has 1 aromatic rings. The Bertz CT molecular complexity index is 439. The van der Waals surface area contributed by atoms with E-state index in [9.17, 15) is 9.59 Å². The van der Waals surface area contributed by atoms with Crippen molar-refractivity contribution in [3.05, 3.63) is 24.0 Å². The van der Waals surface area contributed by atoms with Crippen LogP contribution in [0, 0.1) is 0 Å². The van der Waals surface area contributed by atoms with Crippen molar-refractivity contribution in [2.45, 2.75) is 6.10 Å². The number of aromatic nitrogens is 2. The number of nitrogens with one attached hydrogen (secondary N) is 1. The Morgan fingerprint density at radius 1 is 1.71 bits per heavy atom. The van der Waals surface area contributed by atoms with Crippen molar-refractivity contribution in [2.75, 3.05) is 6.54 Å². The van der Waals surface area contributed by atoms with E-state index in [-0.39, 0.29) is 6.54 Å². The zero-order valence-electron chi connectivity index (χ0n) is 9.33. The van der Waals surface area contributed by atoms with Gasteiger partial charge >= 0.3 is 0 Å². The number of aliphatic hydroxyl groups excluding tert-OH is 1. The van der Waals surface area contributed by atoms with Gasteiger partial charge in [0.2, 0.25) is 11.8 Å². The first-order valence-electron chi connectivity index (χ1n) is 4.91. The summed E-state index contributed by atoms with van der Waals surface area (Å²) in [6, 6.07) is 0. The quantitative estimate of drug-likeness (QED) is 0.536. The maximum absolute atomic E-state index is 11.3. The summed E-state index contributed by atoms with van der Waals surface area (Å²) in [5, 5.41) is 15.3. The van der Waals surface area contributed by atoms with Crippen LogP contribution in [0.3, 0.4) is 0 Å². The number of nitrogens with zero attached hydrogens (tertiary/aromatic N) is 2. The highest BCUT2D eigenvalue weighted by atomic mass is 16.3. The van der Waals surface area contributed by atoms with Gasteiger partial charge in [0.15, 0.2) is 0 Å². The van der Waals surface area contributed by atoms with Gasteiger partial charge in [-0.1, -0.05) is 0 Å². The predicted molar refractivity (Wildman–Crippen MR) is 60.5 cm³/mol. The first-order valence-corrected chi connectivity index (χ1v) is 4.91. The summed E-state index contributed by atoms with van der Waals surface area (Å²) in [6.45, 7) is -0.203. The van der Waals surface area contributed by atoms with Crippen LogP contribution >= 0.6 is 0 Å². The summed E-state index contributed by atoms with van der Waals surface area (Å²) in [6.07, 6.45) is 4.82. The number of aliphatic hydroxyl groups is 1. The number of carbonyl (C=O) groups is 2. The molecule has 0 saturated heterocycles. The molecule has 0 spiro atoms. The topological polar surface area (TPSA) is 110 Å². The molecule has 1 atom stereocenters. The molecule has 1 rings (SSSR count). The molecule has 7 nitrogen and oxygen atoms in total. The van der Waals surface area contributed by atoms with Crippen LogP contribution in [0.2, 0.25) is 0 Å². The van der Waals surface area contributed by atoms with Crippen LogP contribution in [0.4, 0.5) is 0 Å². The Morgan fingerprint density at radius 3 is 2.94 bits per heavy atom. The van der Waals surface area contributed by atoms with Gasteiger partial charge < -0.3 is 16.2 Å². The van der Waals surface area contributed by atoms with Crippen molar-refractivity contribution in [1.29, 1.82) is 0 Å². The third kappa shape index (κ3) is 4.47. The third-order valence-electron chi connectivity index (χ3n) is 1.95. The fraction of sp³-hybridized carbons (Fsp3) is 0.300. The fourth-order valence-electron chi connectivity index (χ4n) is 1.05. The zero-order chi connectivity index (χ0) is 12.8. The van der Waals surface area contributed by atoms with E-state index in [0.717, 1.165) is 5.56 Å². The van der Waals surface area contributed by atoms with Crippen molar-refractivity contribution in [2.24, 2.45) is 12.8 Å². The zero-order valence-corrected chi connectivity index (χ0v) is 9.33. The molecule has 7 heteroatoms. The fourth-order valence-corrected chi connectivity index (χ4v) is 1.05. The van der Waals surface area contributed by atoms with Crippen LogP contribution in [-0.2, 0) is 16.6 Å². The molecule has 4 N–H and O–H groups in total. The molecule has 1 aromatic heterocycles. The summed E-state index contributed by atoms with van der Waals surface area (Å²) < 4.78 is 1.61. The summed E-state index contributed by atoms with van der Waals surface area (Å²) >= 11 is 0. The molecule has 0 bridgehead atoms. The molecule has 92 valence electrons. The number of nitrogens with two attached hydrogens (primary N) is 1. The lowest BCUT2D eigenvalue weighted by atomic mass is 10.3. The largest absolute Gasteiger partial charge is 0.381 e. The average Bonchev–Trinajstić information content (AvgIpc) is 2.69. The Hall–Kier alpha value is -2.15. The van der Waals surface area contributed by atoms with Crippen molar-refractivity contribution in [1.82, 2.24) is 15.1 Å². The second kappa shape index (κ2) is 5.80. The van der Waals surface area contributed by atoms with Gasteiger partial charge in [-0.3, -0.25) is 14.3 Å². The number of amides is 2. The second-order valence-corrected chi connectivity index (χ2v) is 3.44. The molecular weight excluding hydrogens is 224 g/mol. The highest BCUT2D eigenvalue weighted by molar-refractivity contribution is 5.92. The molecule has 0 aliphatic rings. The van der Waals surface area contributed by atoms with Crippen molar-refractivity contribution in [3.8, 4) is 0 Å². The van der Waals surface area contributed by atoms with Crippen LogP contribution in [0.25, 0.3) is 6.08 Å². The SMILES string of the molecule is Cn1cc(/C=C/C(=O)NCC(O)C(N)=O)cn1. The normalized spacial score (nSPS) is 12.6. The molecule has 2 amide bonds. The number of aryl methyl sites for hydroxylation is 1. The Morgan fingerprint density at radius 2 is 2.41 bits per heavy atom. The van der Waals surface area contributed by atoms with Crippen LogP contribution in [0.15, 0.2) is 18.5 Å². The van der Waals surface area contributed by atoms with Gasteiger partial charge in [-0.05, 0) is 6.08 Å². The van der Waals surface area contributed by atoms with Crippen molar-refractivity contribution >= 4 is 17.9 Å². The van der Waals surface area contributed by atoms with Gasteiger partial charge in [0.05, 0.1) is 12.7 Å². The van der Waals surface area contributed by atoms with Gasteiger partial charge in [-0.25, -0.2) is 0 Å². The lowest BCUT2D eigenvalue weighted by molar-refractivity contribution is -0.126. The number of carbonyl (C=O) groups excluding carboxylic acids is 2. The Kier molecular flexibility index (Phi) is 4.41. The van der Waals surface area contributed by atoms with E-state index in [4.69, 9.17) is 10.8 Å². The van der Waals surface area contributed by atoms with Gasteiger partial charge in [0.25, 0.3) is 0 Å². The van der Waals surface area contributed by atoms with E-state index in [1.165, 1.54) is 6.08 Å². The Balaban J connectivity index is 2.39. The molecule has 0 radical (unpaired) electrons. The van der Waals surface area contributed by atoms with E-state index in [1.807, 2.05) is 0 Å². The maximum atomic E-state index is 11.3. The van der Waals surface area contributed by atoms with Gasteiger partial charge in [0.1, 0.15) is 6.10 Å². The summed E-state index contributed by atoms with van der Waals surface area (Å²) in [4.78, 5) is 21.7. The van der Waals surface area contributed by atoms with E-state index >= 15 is 0 Å². The van der Waals surface area contributed by atoms with Crippen LogP contribution in [-0.4, -0.2) is 39.4 Å². The second-order valence-electron chi connectivity index (χ2n) is 3.44. The summed E-state index contributed by atoms with van der Waals surface area (Å²) in [5.74, 6) is -1.30. The molecular formula is C10H14N4O3. The number of rotatable bonds is 5. The van der Waals surface area contributed by atoms with E-state index < -0.39 is 17.9 Å². The molecule has 17 heavy (non-hydrogen) atoms. The van der Waals surface area contributed by atoms with Crippen LogP contribution in [0.1, 0.15) is 5.56 Å². The molecule has 0 aliphatic carbocycles. The number of primary amides is 1. The molecule has 0 saturated carbocycles. The van der Waals surface area contributed by atoms with Crippen molar-refractivity contribution in [3.63, 3.8) is 0 Å². The lowest BCUT2D eigenvalue weighted by Crippen LogP contribution is -2.39. The number of hydrogen-bond donors (Lipinski definition) is 3. The average molecular weight is 238 g/mol. The standard InChI is InChI=1S/C10H14N4O3/c1-14-6-7(4-13-14)2-3-9(16)12-5-8(15)10(11)17/h2-4,6,8,15H,5H2,1H3,(H2,11,17)(H,12,16)/b3-2+. The van der Waals surface area contributed by atoms with Gasteiger partial charge in [0, 0.05) is 24.9 Å². The molecule has 1 heterocycles. The summed E-state index contributed by atoms with van der Waals surface area (Å²) in [5.41, 5.74) is 5.60. The highest BCUT2D eigenvalue weighted by Crippen LogP contribution is 1.98. The Labute approximate surface area is 97.9 Å². The number of hydrogen-bond acceptors (Lipinski definition) is 4. The highest BCUT2D eigenvalue weighted by Gasteiger charge is 2.10. The molecule has 0 fully saturated rings. The van der Waals surface area contributed by atoms with Crippen LogP contribution < -0.4 is 11.1 Å². The monoisotopic (exact) mass is 238 g/mol. The molecule has 0 aliphatic heterocycles. The lowest BCUT2D eigenvalue weighted by Gasteiger charge is -2.05. The van der Waals surface area contributed by atoms with E-state index in [2.05, 4.69) is 10.4 Å². The smallest absolute Gasteiger partial charge is 0.248 e. The van der Waals surface area contributed by atoms with Gasteiger partial charge in [-0.15, -0.1) is 0 Å². The maximum Gasteiger partial charge on any atom is 0.248 e.